The molecule has 2 aliphatic heterocycles. The topological polar surface area (TPSA) is 66.8 Å². The Kier molecular flexibility index (Phi) is 4.22. The van der Waals surface area contributed by atoms with Gasteiger partial charge in [-0.05, 0) is 24.6 Å². The van der Waals surface area contributed by atoms with Gasteiger partial charge in [-0.15, -0.1) is 0 Å². The van der Waals surface area contributed by atoms with E-state index in [0.717, 1.165) is 0 Å². The quantitative estimate of drug-likeness (QED) is 0.812. The Labute approximate surface area is 138 Å². The van der Waals surface area contributed by atoms with Crippen LogP contribution in [0.25, 0.3) is 0 Å². The summed E-state index contributed by atoms with van der Waals surface area (Å²) in [5.41, 5.74) is 1.05. The maximum Gasteiger partial charge on any atom is 0.247 e. The second kappa shape index (κ2) is 5.90. The molecule has 1 aromatic carbocycles. The van der Waals surface area contributed by atoms with Crippen LogP contribution in [0.15, 0.2) is 23.2 Å². The van der Waals surface area contributed by atoms with Crippen molar-refractivity contribution in [2.24, 2.45) is 4.99 Å². The number of halogens is 1. The van der Waals surface area contributed by atoms with Crippen LogP contribution in [0.3, 0.4) is 0 Å². The number of thioether (sulfide) groups is 1. The van der Waals surface area contributed by atoms with Crippen LogP contribution < -0.4 is 4.90 Å². The van der Waals surface area contributed by atoms with Gasteiger partial charge in [-0.3, -0.25) is 4.79 Å². The van der Waals surface area contributed by atoms with E-state index in [2.05, 4.69) is 4.99 Å². The summed E-state index contributed by atoms with van der Waals surface area (Å²) < 4.78 is 37.7. The summed E-state index contributed by atoms with van der Waals surface area (Å²) in [5, 5.41) is 0.290. The molecule has 0 aromatic heterocycles. The van der Waals surface area contributed by atoms with Gasteiger partial charge in [0.15, 0.2) is 15.0 Å². The number of amidine groups is 1. The Morgan fingerprint density at radius 1 is 1.43 bits per heavy atom. The number of benzene rings is 1. The third-order valence-electron chi connectivity index (χ3n) is 4.02. The van der Waals surface area contributed by atoms with Crippen molar-refractivity contribution in [3.63, 3.8) is 0 Å². The number of carbonyl (C=O) groups excluding carboxylic acids is 1. The molecule has 1 amide bonds. The third kappa shape index (κ3) is 3.14. The number of amides is 1. The Morgan fingerprint density at radius 3 is 2.83 bits per heavy atom. The number of fused-ring (bicyclic) bond motifs is 1. The van der Waals surface area contributed by atoms with Crippen LogP contribution in [0.1, 0.15) is 18.9 Å². The van der Waals surface area contributed by atoms with Crippen molar-refractivity contribution in [2.75, 3.05) is 16.4 Å². The molecule has 2 saturated heterocycles. The smallest absolute Gasteiger partial charge is 0.247 e. The van der Waals surface area contributed by atoms with Gasteiger partial charge < -0.3 is 4.90 Å². The molecule has 1 aromatic rings. The fraction of sp³-hybridized carbons (Fsp3) is 0.467. The molecule has 0 radical (unpaired) electrons. The first-order valence-electron chi connectivity index (χ1n) is 7.34. The van der Waals surface area contributed by atoms with Gasteiger partial charge in [-0.2, -0.15) is 4.99 Å². The summed E-state index contributed by atoms with van der Waals surface area (Å²) >= 11 is 1.29. The lowest BCUT2D eigenvalue weighted by Crippen LogP contribution is -2.37. The van der Waals surface area contributed by atoms with Crippen molar-refractivity contribution < 1.29 is 17.6 Å². The molecule has 2 atom stereocenters. The number of sulfone groups is 1. The summed E-state index contributed by atoms with van der Waals surface area (Å²) in [6, 6.07) is 4.44. The number of rotatable bonds is 2. The molecule has 0 N–H and O–H groups in total. The highest BCUT2D eigenvalue weighted by Gasteiger charge is 2.49. The largest absolute Gasteiger partial charge is 0.315 e. The average Bonchev–Trinajstić information content (AvgIpc) is 2.93. The predicted octanol–water partition coefficient (Wildman–Crippen LogP) is 2.15. The van der Waals surface area contributed by atoms with Gasteiger partial charge in [0.2, 0.25) is 5.91 Å². The van der Waals surface area contributed by atoms with Crippen molar-refractivity contribution in [1.29, 1.82) is 0 Å². The molecular weight excluding hydrogens is 339 g/mol. The van der Waals surface area contributed by atoms with Crippen LogP contribution in [0.5, 0.6) is 0 Å². The van der Waals surface area contributed by atoms with Crippen molar-refractivity contribution >= 4 is 38.4 Å². The van der Waals surface area contributed by atoms with Crippen LogP contribution in [0.4, 0.5) is 10.1 Å². The number of aryl methyl sites for hydroxylation is 1. The molecule has 5 nitrogen and oxygen atoms in total. The SMILES string of the molecule is CCC(=O)N=C1SC2CS(=O)(=O)CC2N1c1ccc(C)c(F)c1. The Bertz CT molecular complexity index is 792. The minimum absolute atomic E-state index is 0.000498. The minimum atomic E-state index is -3.12. The number of carbonyl (C=O) groups is 1. The first-order valence-corrected chi connectivity index (χ1v) is 10.0. The Balaban J connectivity index is 2.04. The van der Waals surface area contributed by atoms with Gasteiger partial charge in [-0.1, -0.05) is 24.8 Å². The fourth-order valence-electron chi connectivity index (χ4n) is 2.78. The van der Waals surface area contributed by atoms with Crippen molar-refractivity contribution in [1.82, 2.24) is 0 Å². The van der Waals surface area contributed by atoms with Crippen molar-refractivity contribution in [3.8, 4) is 0 Å². The molecular formula is C15H17FN2O3S2. The molecule has 2 fully saturated rings. The van der Waals surface area contributed by atoms with Crippen molar-refractivity contribution in [2.45, 2.75) is 31.6 Å². The first kappa shape index (κ1) is 16.4. The van der Waals surface area contributed by atoms with Crippen molar-refractivity contribution in [3.05, 3.63) is 29.6 Å². The molecule has 0 saturated carbocycles. The summed E-state index contributed by atoms with van der Waals surface area (Å²) in [6.07, 6.45) is 0.272. The van der Waals surface area contributed by atoms with E-state index < -0.39 is 9.84 Å². The van der Waals surface area contributed by atoms with Crippen LogP contribution >= 0.6 is 11.8 Å². The lowest BCUT2D eigenvalue weighted by molar-refractivity contribution is -0.117. The van der Waals surface area contributed by atoms with E-state index in [0.29, 0.717) is 16.4 Å². The van der Waals surface area contributed by atoms with Crippen LogP contribution in [0, 0.1) is 12.7 Å². The molecule has 0 aliphatic carbocycles. The van der Waals surface area contributed by atoms with E-state index in [-0.39, 0.29) is 40.9 Å². The molecule has 3 rings (SSSR count). The second-order valence-corrected chi connectivity index (χ2v) is 9.11. The number of anilines is 1. The van der Waals surface area contributed by atoms with Crippen LogP contribution in [-0.4, -0.2) is 42.3 Å². The molecule has 124 valence electrons. The third-order valence-corrected chi connectivity index (χ3v) is 7.23. The highest BCUT2D eigenvalue weighted by molar-refractivity contribution is 8.16. The van der Waals surface area contributed by atoms with Crippen LogP contribution in [0.2, 0.25) is 0 Å². The number of nitrogens with zero attached hydrogens (tertiary/aromatic N) is 2. The summed E-state index contributed by atoms with van der Waals surface area (Å²) in [6.45, 7) is 3.38. The summed E-state index contributed by atoms with van der Waals surface area (Å²) in [5.74, 6) is -0.572. The molecule has 2 unspecified atom stereocenters. The van der Waals surface area contributed by atoms with E-state index in [1.807, 2.05) is 0 Å². The van der Waals surface area contributed by atoms with E-state index in [4.69, 9.17) is 0 Å². The summed E-state index contributed by atoms with van der Waals surface area (Å²) in [4.78, 5) is 17.5. The normalized spacial score (nSPS) is 27.4. The lowest BCUT2D eigenvalue weighted by Gasteiger charge is -2.24. The predicted molar refractivity (Wildman–Crippen MR) is 90.2 cm³/mol. The molecule has 0 spiro atoms. The van der Waals surface area contributed by atoms with E-state index in [1.54, 1.807) is 30.9 Å². The van der Waals surface area contributed by atoms with Gasteiger partial charge in [0.05, 0.1) is 17.5 Å². The van der Waals surface area contributed by atoms with Gasteiger partial charge >= 0.3 is 0 Å². The highest BCUT2D eigenvalue weighted by atomic mass is 32.2. The number of hydrogen-bond donors (Lipinski definition) is 0. The fourth-order valence-corrected chi connectivity index (χ4v) is 6.71. The van der Waals surface area contributed by atoms with Gasteiger partial charge in [0.25, 0.3) is 0 Å². The molecule has 2 heterocycles. The zero-order valence-corrected chi connectivity index (χ0v) is 14.5. The first-order chi connectivity index (χ1) is 10.8. The average molecular weight is 356 g/mol. The minimum Gasteiger partial charge on any atom is -0.315 e. The lowest BCUT2D eigenvalue weighted by atomic mass is 10.1. The summed E-state index contributed by atoms with van der Waals surface area (Å²) in [7, 11) is -3.12. The standard InChI is InChI=1S/C15H17FN2O3S2/c1-3-14(19)17-15-18(10-5-4-9(2)11(16)6-10)12-7-23(20,21)8-13(12)22-15/h4-6,12-13H,3,7-8H2,1-2H3. The number of hydrogen-bond acceptors (Lipinski definition) is 4. The van der Waals surface area contributed by atoms with E-state index >= 15 is 0 Å². The van der Waals surface area contributed by atoms with Gasteiger partial charge in [0, 0.05) is 17.4 Å². The molecule has 23 heavy (non-hydrogen) atoms. The molecule has 8 heteroatoms. The number of aliphatic imine (C=N–C) groups is 1. The van der Waals surface area contributed by atoms with Gasteiger partial charge in [-0.25, -0.2) is 12.8 Å². The maximum atomic E-state index is 13.9. The van der Waals surface area contributed by atoms with E-state index in [9.17, 15) is 17.6 Å². The van der Waals surface area contributed by atoms with E-state index in [1.165, 1.54) is 17.8 Å². The molecule has 0 bridgehead atoms. The van der Waals surface area contributed by atoms with Crippen LogP contribution in [-0.2, 0) is 14.6 Å². The van der Waals surface area contributed by atoms with Gasteiger partial charge in [0.1, 0.15) is 5.82 Å². The second-order valence-electron chi connectivity index (χ2n) is 5.75. The Morgan fingerprint density at radius 2 is 2.17 bits per heavy atom. The maximum absolute atomic E-state index is 13.9. The molecule has 2 aliphatic rings. The highest BCUT2D eigenvalue weighted by Crippen LogP contribution is 2.41. The Hall–Kier alpha value is -1.41. The zero-order chi connectivity index (χ0) is 16.8. The zero-order valence-electron chi connectivity index (χ0n) is 12.8. The monoisotopic (exact) mass is 356 g/mol.